The highest BCUT2D eigenvalue weighted by molar-refractivity contribution is 5.98. The van der Waals surface area contributed by atoms with Crippen LogP contribution in [0.3, 0.4) is 0 Å². The molecule has 93 valence electrons. The fourth-order valence-electron chi connectivity index (χ4n) is 1.43. The lowest BCUT2D eigenvalue weighted by molar-refractivity contribution is -0.295. The van der Waals surface area contributed by atoms with E-state index in [0.29, 0.717) is 24.8 Å². The maximum Gasteiger partial charge on any atom is 0.267 e. The van der Waals surface area contributed by atoms with Crippen LogP contribution < -0.4 is 0 Å². The molecule has 0 saturated carbocycles. The van der Waals surface area contributed by atoms with Crippen LogP contribution in [0.5, 0.6) is 0 Å². The first-order chi connectivity index (χ1) is 7.94. The van der Waals surface area contributed by atoms with Crippen molar-refractivity contribution in [1.82, 2.24) is 0 Å². The van der Waals surface area contributed by atoms with Crippen LogP contribution in [-0.2, 0) is 10.8 Å². The summed E-state index contributed by atoms with van der Waals surface area (Å²) in [7, 11) is 2.54. The third-order valence-electron chi connectivity index (χ3n) is 2.37. The molecule has 1 aromatic rings. The number of aliphatic hydroxyl groups is 2. The normalized spacial score (nSPS) is 11.8. The van der Waals surface area contributed by atoms with E-state index in [-0.39, 0.29) is 6.42 Å². The molecule has 0 fully saturated rings. The molecule has 0 heterocycles. The molecule has 0 saturated heterocycles. The predicted molar refractivity (Wildman–Crippen MR) is 57.9 cm³/mol. The van der Waals surface area contributed by atoms with Crippen molar-refractivity contribution in [2.75, 3.05) is 0 Å². The second-order valence-electron chi connectivity index (χ2n) is 3.80. The van der Waals surface area contributed by atoms with E-state index in [1.165, 1.54) is 6.07 Å². The first-order valence-electron chi connectivity index (χ1n) is 5.18. The Labute approximate surface area is 102 Å². The van der Waals surface area contributed by atoms with E-state index in [4.69, 9.17) is 10.2 Å². The summed E-state index contributed by atoms with van der Waals surface area (Å²) in [6.07, 6.45) is 1.66. The van der Waals surface area contributed by atoms with E-state index >= 15 is 0 Å². The van der Waals surface area contributed by atoms with E-state index in [1.807, 2.05) is 0 Å². The van der Waals surface area contributed by atoms with Gasteiger partial charge in [0.15, 0.2) is 11.6 Å². The molecule has 1 rings (SSSR count). The Balaban J connectivity index is 2.34. The van der Waals surface area contributed by atoms with Gasteiger partial charge in [-0.2, -0.15) is 0 Å². The summed E-state index contributed by atoms with van der Waals surface area (Å²) in [5, 5.41) is 18.2. The van der Waals surface area contributed by atoms with Gasteiger partial charge in [0, 0.05) is 6.42 Å². The maximum absolute atomic E-state index is 12.9. The molecule has 6 heteroatoms. The third-order valence-corrected chi connectivity index (χ3v) is 2.69. The average Bonchev–Trinajstić information content (AvgIpc) is 2.29. The lowest BCUT2D eigenvalue weighted by Gasteiger charge is -2.19. The van der Waals surface area contributed by atoms with Crippen LogP contribution in [0.15, 0.2) is 18.2 Å². The Morgan fingerprint density at radius 1 is 1.18 bits per heavy atom. The number of benzene rings is 1. The van der Waals surface area contributed by atoms with Crippen molar-refractivity contribution in [1.29, 1.82) is 0 Å². The fourth-order valence-corrected chi connectivity index (χ4v) is 1.53. The lowest BCUT2D eigenvalue weighted by atomic mass is 10.1. The van der Waals surface area contributed by atoms with Crippen LogP contribution in [0, 0.1) is 11.6 Å². The Morgan fingerprint density at radius 3 is 2.47 bits per heavy atom. The van der Waals surface area contributed by atoms with Crippen LogP contribution in [0.4, 0.5) is 8.78 Å². The molecule has 0 unspecified atom stereocenters. The zero-order valence-corrected chi connectivity index (χ0v) is 10.1. The van der Waals surface area contributed by atoms with Gasteiger partial charge in [-0.3, -0.25) is 0 Å². The molecular formula is C11H13F2O3Si. The van der Waals surface area contributed by atoms with Gasteiger partial charge in [0.25, 0.3) is 16.5 Å². The second kappa shape index (κ2) is 6.20. The minimum atomic E-state index is -2.19. The number of halogens is 2. The molecule has 0 atom stereocenters. The second-order valence-corrected chi connectivity index (χ2v) is 4.00. The molecule has 2 N–H and O–H groups in total. The van der Waals surface area contributed by atoms with Crippen LogP contribution in [0.25, 0.3) is 0 Å². The van der Waals surface area contributed by atoms with Gasteiger partial charge in [-0.25, -0.2) is 8.78 Å². The summed E-state index contributed by atoms with van der Waals surface area (Å²) in [5.41, 5.74) is 0.671. The van der Waals surface area contributed by atoms with Crippen molar-refractivity contribution in [3.63, 3.8) is 0 Å². The Kier molecular flexibility index (Phi) is 5.19. The van der Waals surface area contributed by atoms with Crippen molar-refractivity contribution >= 4 is 10.5 Å². The highest BCUT2D eigenvalue weighted by Crippen LogP contribution is 2.15. The first kappa shape index (κ1) is 14.2. The first-order valence-corrected chi connectivity index (χ1v) is 5.59. The molecule has 0 aliphatic carbocycles. The van der Waals surface area contributed by atoms with Crippen molar-refractivity contribution in [2.24, 2.45) is 0 Å². The van der Waals surface area contributed by atoms with Crippen molar-refractivity contribution in [3.8, 4) is 0 Å². The van der Waals surface area contributed by atoms with Crippen molar-refractivity contribution in [2.45, 2.75) is 31.7 Å². The van der Waals surface area contributed by atoms with Gasteiger partial charge in [0.1, 0.15) is 0 Å². The average molecular weight is 259 g/mol. The van der Waals surface area contributed by atoms with Crippen molar-refractivity contribution < 1.29 is 23.4 Å². The van der Waals surface area contributed by atoms with Crippen LogP contribution >= 0.6 is 0 Å². The number of rotatable bonds is 6. The SMILES string of the molecule is OC(O)(CCCCc1ccc(F)c(F)c1)O[Si]. The minimum absolute atomic E-state index is 0.0280. The monoisotopic (exact) mass is 259 g/mol. The summed E-state index contributed by atoms with van der Waals surface area (Å²) in [5.74, 6) is -3.93. The highest BCUT2D eigenvalue weighted by atomic mass is 28.2. The van der Waals surface area contributed by atoms with Gasteiger partial charge in [-0.15, -0.1) is 0 Å². The number of aryl methyl sites for hydroxylation is 1. The van der Waals surface area contributed by atoms with Crippen LogP contribution in [-0.4, -0.2) is 26.7 Å². The molecule has 3 radical (unpaired) electrons. The topological polar surface area (TPSA) is 49.7 Å². The van der Waals surface area contributed by atoms with E-state index in [0.717, 1.165) is 12.1 Å². The summed E-state index contributed by atoms with van der Waals surface area (Å²) >= 11 is 0. The third kappa shape index (κ3) is 4.91. The molecule has 0 aromatic heterocycles. The largest absolute Gasteiger partial charge is 0.371 e. The summed E-state index contributed by atoms with van der Waals surface area (Å²) in [6, 6.07) is 3.72. The minimum Gasteiger partial charge on any atom is -0.371 e. The predicted octanol–water partition coefficient (Wildman–Crippen LogP) is 1.42. The van der Waals surface area contributed by atoms with Gasteiger partial charge in [-0.05, 0) is 37.0 Å². The van der Waals surface area contributed by atoms with E-state index < -0.39 is 17.6 Å². The molecule has 0 bridgehead atoms. The summed E-state index contributed by atoms with van der Waals surface area (Å²) in [6.45, 7) is 0. The zero-order valence-electron chi connectivity index (χ0n) is 9.12. The van der Waals surface area contributed by atoms with Gasteiger partial charge in [0.05, 0.1) is 0 Å². The number of unbranched alkanes of at least 4 members (excludes halogenated alkanes) is 1. The van der Waals surface area contributed by atoms with Gasteiger partial charge in [-0.1, -0.05) is 6.07 Å². The van der Waals surface area contributed by atoms with Gasteiger partial charge < -0.3 is 14.6 Å². The fraction of sp³-hybridized carbons (Fsp3) is 0.455. The number of hydrogen-bond donors (Lipinski definition) is 2. The molecular weight excluding hydrogens is 246 g/mol. The molecule has 0 aliphatic heterocycles. The molecule has 0 amide bonds. The van der Waals surface area contributed by atoms with Gasteiger partial charge in [0.2, 0.25) is 0 Å². The quantitative estimate of drug-likeness (QED) is 0.461. The number of hydrogen-bond acceptors (Lipinski definition) is 3. The molecule has 0 spiro atoms. The van der Waals surface area contributed by atoms with Crippen molar-refractivity contribution in [3.05, 3.63) is 35.4 Å². The zero-order chi connectivity index (χ0) is 12.9. The van der Waals surface area contributed by atoms with E-state index in [1.54, 1.807) is 0 Å². The molecule has 1 aromatic carbocycles. The van der Waals surface area contributed by atoms with Crippen LogP contribution in [0.2, 0.25) is 0 Å². The Hall–Kier alpha value is -0.823. The molecule has 17 heavy (non-hydrogen) atoms. The Bertz CT molecular complexity index is 372. The summed E-state index contributed by atoms with van der Waals surface area (Å²) in [4.78, 5) is 0. The van der Waals surface area contributed by atoms with Crippen LogP contribution in [0.1, 0.15) is 24.8 Å². The molecule has 3 nitrogen and oxygen atoms in total. The van der Waals surface area contributed by atoms with E-state index in [2.05, 4.69) is 14.9 Å². The standard InChI is InChI=1S/C11H13F2O3Si/c12-9-5-4-8(7-10(9)13)3-1-2-6-11(14,15)16-17/h4-5,7,14-15H,1-3,6H2. The van der Waals surface area contributed by atoms with E-state index in [9.17, 15) is 8.78 Å². The maximum atomic E-state index is 12.9. The Morgan fingerprint density at radius 2 is 1.88 bits per heavy atom. The highest BCUT2D eigenvalue weighted by Gasteiger charge is 2.20. The lowest BCUT2D eigenvalue weighted by Crippen LogP contribution is -2.30. The summed E-state index contributed by atoms with van der Waals surface area (Å²) < 4.78 is 29.7. The molecule has 0 aliphatic rings. The smallest absolute Gasteiger partial charge is 0.267 e. The van der Waals surface area contributed by atoms with Gasteiger partial charge >= 0.3 is 0 Å².